The first-order valence-electron chi connectivity index (χ1n) is 9.38. The third kappa shape index (κ3) is 3.25. The van der Waals surface area contributed by atoms with Crippen LogP contribution in [0, 0.1) is 0 Å². The van der Waals surface area contributed by atoms with Gasteiger partial charge in [0.2, 0.25) is 0 Å². The van der Waals surface area contributed by atoms with Gasteiger partial charge in [0.15, 0.2) is 5.78 Å². The number of ketones is 1. The molecule has 0 spiro atoms. The van der Waals surface area contributed by atoms with Gasteiger partial charge in [-0.05, 0) is 48.3 Å². The number of aliphatic imine (C=N–C) groups is 1. The smallest absolute Gasteiger partial charge is 0.196 e. The zero-order valence-corrected chi connectivity index (χ0v) is 16.0. The Morgan fingerprint density at radius 3 is 1.68 bits per heavy atom. The molecule has 0 aromatic heterocycles. The summed E-state index contributed by atoms with van der Waals surface area (Å²) in [4.78, 5) is 18.2. The number of hydrogen-bond donors (Lipinski definition) is 0. The van der Waals surface area contributed by atoms with Crippen LogP contribution in [0.1, 0.15) is 25.0 Å². The summed E-state index contributed by atoms with van der Waals surface area (Å²) in [6, 6.07) is 29.8. The summed E-state index contributed by atoms with van der Waals surface area (Å²) in [5.41, 5.74) is 7.00. The van der Waals surface area contributed by atoms with Crippen molar-refractivity contribution in [1.29, 1.82) is 0 Å². The Labute approximate surface area is 165 Å². The largest absolute Gasteiger partial charge is 0.288 e. The highest BCUT2D eigenvalue weighted by atomic mass is 16.1. The number of carbonyl (C=O) groups excluding carboxylic acids is 1. The summed E-state index contributed by atoms with van der Waals surface area (Å²) >= 11 is 0. The van der Waals surface area contributed by atoms with E-state index in [1.807, 2.05) is 92.7 Å². The van der Waals surface area contributed by atoms with Crippen molar-refractivity contribution in [3.05, 3.63) is 113 Å². The van der Waals surface area contributed by atoms with Crippen LogP contribution in [0.5, 0.6) is 0 Å². The van der Waals surface area contributed by atoms with Gasteiger partial charge in [0.25, 0.3) is 0 Å². The third-order valence-corrected chi connectivity index (χ3v) is 4.99. The van der Waals surface area contributed by atoms with E-state index in [9.17, 15) is 4.79 Å². The maximum absolute atomic E-state index is 13.5. The van der Waals surface area contributed by atoms with Crippen molar-refractivity contribution < 1.29 is 4.79 Å². The van der Waals surface area contributed by atoms with Crippen LogP contribution in [0.25, 0.3) is 11.1 Å². The predicted octanol–water partition coefficient (Wildman–Crippen LogP) is 6.29. The SMILES string of the molecule is CC(=Nc1ccccc1)C1=C(C)C(c2ccccc2)=C(c2ccccc2)C1=O. The molecule has 2 heteroatoms. The lowest BCUT2D eigenvalue weighted by atomic mass is 9.94. The van der Waals surface area contributed by atoms with Gasteiger partial charge in [-0.2, -0.15) is 0 Å². The number of hydrogen-bond acceptors (Lipinski definition) is 2. The van der Waals surface area contributed by atoms with Gasteiger partial charge in [0.05, 0.1) is 5.69 Å². The fourth-order valence-electron chi connectivity index (χ4n) is 3.75. The van der Waals surface area contributed by atoms with Crippen LogP contribution in [-0.4, -0.2) is 11.5 Å². The lowest BCUT2D eigenvalue weighted by molar-refractivity contribution is -0.109. The first-order chi connectivity index (χ1) is 13.7. The van der Waals surface area contributed by atoms with Gasteiger partial charge in [-0.25, -0.2) is 0 Å². The number of nitrogens with zero attached hydrogens (tertiary/aromatic N) is 1. The average molecular weight is 363 g/mol. The highest BCUT2D eigenvalue weighted by molar-refractivity contribution is 6.48. The molecule has 3 aromatic rings. The predicted molar refractivity (Wildman–Crippen MR) is 117 cm³/mol. The third-order valence-electron chi connectivity index (χ3n) is 4.99. The number of allylic oxidation sites excluding steroid dienone is 4. The molecule has 0 unspecified atom stereocenters. The molecule has 0 N–H and O–H groups in total. The molecule has 1 aliphatic carbocycles. The van der Waals surface area contributed by atoms with Gasteiger partial charge >= 0.3 is 0 Å². The molecule has 0 bridgehead atoms. The number of Topliss-reactive ketones (excluding diaryl/α,β-unsaturated/α-hetero) is 1. The maximum atomic E-state index is 13.5. The molecular weight excluding hydrogens is 342 g/mol. The van der Waals surface area contributed by atoms with Crippen LogP contribution in [0.15, 0.2) is 107 Å². The molecule has 0 aliphatic heterocycles. The Hall–Kier alpha value is -3.52. The second-order valence-corrected chi connectivity index (χ2v) is 6.84. The lowest BCUT2D eigenvalue weighted by Crippen LogP contribution is -2.09. The Balaban J connectivity index is 1.89. The molecule has 136 valence electrons. The van der Waals surface area contributed by atoms with Crippen molar-refractivity contribution in [3.8, 4) is 0 Å². The summed E-state index contributed by atoms with van der Waals surface area (Å²) < 4.78 is 0. The zero-order chi connectivity index (χ0) is 19.5. The second-order valence-electron chi connectivity index (χ2n) is 6.84. The van der Waals surface area contributed by atoms with E-state index >= 15 is 0 Å². The minimum absolute atomic E-state index is 0.0414. The second kappa shape index (κ2) is 7.61. The van der Waals surface area contributed by atoms with Crippen LogP contribution < -0.4 is 0 Å². The van der Waals surface area contributed by atoms with Gasteiger partial charge in [-0.15, -0.1) is 0 Å². The van der Waals surface area contributed by atoms with Gasteiger partial charge in [0.1, 0.15) is 0 Å². The Morgan fingerprint density at radius 1 is 0.679 bits per heavy atom. The highest BCUT2D eigenvalue weighted by Gasteiger charge is 2.32. The van der Waals surface area contributed by atoms with Crippen molar-refractivity contribution in [1.82, 2.24) is 0 Å². The van der Waals surface area contributed by atoms with E-state index in [0.29, 0.717) is 5.57 Å². The summed E-state index contributed by atoms with van der Waals surface area (Å²) in [5.74, 6) is 0.0414. The normalized spacial score (nSPS) is 14.8. The molecule has 0 amide bonds. The number of para-hydroxylation sites is 1. The van der Waals surface area contributed by atoms with Crippen molar-refractivity contribution in [3.63, 3.8) is 0 Å². The molecule has 3 aromatic carbocycles. The zero-order valence-electron chi connectivity index (χ0n) is 16.0. The maximum Gasteiger partial charge on any atom is 0.196 e. The van der Waals surface area contributed by atoms with E-state index < -0.39 is 0 Å². The fourth-order valence-corrected chi connectivity index (χ4v) is 3.75. The van der Waals surface area contributed by atoms with Crippen LogP contribution >= 0.6 is 0 Å². The standard InChI is InChI=1S/C26H21NO/c1-18-23(19(2)27-22-16-10-5-11-17-22)26(28)25(21-14-8-4-9-15-21)24(18)20-12-6-3-7-13-20/h3-17H,1-2H3. The summed E-state index contributed by atoms with van der Waals surface area (Å²) in [6.07, 6.45) is 0. The minimum atomic E-state index is 0.0414. The van der Waals surface area contributed by atoms with Crippen LogP contribution in [0.3, 0.4) is 0 Å². The average Bonchev–Trinajstić information content (AvgIpc) is 3.00. The van der Waals surface area contributed by atoms with E-state index in [1.54, 1.807) is 0 Å². The van der Waals surface area contributed by atoms with Gasteiger partial charge in [0, 0.05) is 16.9 Å². The van der Waals surface area contributed by atoms with Crippen molar-refractivity contribution in [2.45, 2.75) is 13.8 Å². The lowest BCUT2D eigenvalue weighted by Gasteiger charge is -2.09. The van der Waals surface area contributed by atoms with E-state index in [-0.39, 0.29) is 5.78 Å². The minimum Gasteiger partial charge on any atom is -0.288 e. The fraction of sp³-hybridized carbons (Fsp3) is 0.0769. The van der Waals surface area contributed by atoms with Gasteiger partial charge in [-0.3, -0.25) is 9.79 Å². The monoisotopic (exact) mass is 363 g/mol. The van der Waals surface area contributed by atoms with E-state index in [4.69, 9.17) is 4.99 Å². The number of carbonyl (C=O) groups is 1. The Morgan fingerprint density at radius 2 is 1.14 bits per heavy atom. The Kier molecular flexibility index (Phi) is 4.86. The van der Waals surface area contributed by atoms with Gasteiger partial charge in [-0.1, -0.05) is 78.9 Å². The first kappa shape index (κ1) is 17.9. The quantitative estimate of drug-likeness (QED) is 0.501. The van der Waals surface area contributed by atoms with Crippen molar-refractivity contribution in [2.24, 2.45) is 4.99 Å². The first-order valence-corrected chi connectivity index (χ1v) is 9.38. The van der Waals surface area contributed by atoms with Crippen molar-refractivity contribution >= 4 is 28.3 Å². The number of rotatable bonds is 4. The summed E-state index contributed by atoms with van der Waals surface area (Å²) in [6.45, 7) is 3.94. The molecular formula is C26H21NO. The molecule has 2 nitrogen and oxygen atoms in total. The molecule has 1 aliphatic rings. The molecule has 0 fully saturated rings. The highest BCUT2D eigenvalue weighted by Crippen LogP contribution is 2.42. The van der Waals surface area contributed by atoms with Gasteiger partial charge < -0.3 is 0 Å². The van der Waals surface area contributed by atoms with E-state index in [0.717, 1.165) is 39.2 Å². The van der Waals surface area contributed by atoms with Crippen LogP contribution in [0.2, 0.25) is 0 Å². The summed E-state index contributed by atoms with van der Waals surface area (Å²) in [5, 5.41) is 0. The molecule has 0 saturated heterocycles. The molecule has 4 rings (SSSR count). The van der Waals surface area contributed by atoms with Crippen LogP contribution in [-0.2, 0) is 4.79 Å². The van der Waals surface area contributed by atoms with E-state index in [1.165, 1.54) is 0 Å². The van der Waals surface area contributed by atoms with E-state index in [2.05, 4.69) is 12.1 Å². The van der Waals surface area contributed by atoms with Crippen LogP contribution in [0.4, 0.5) is 5.69 Å². The molecule has 0 heterocycles. The number of benzene rings is 3. The summed E-state index contributed by atoms with van der Waals surface area (Å²) in [7, 11) is 0. The topological polar surface area (TPSA) is 29.4 Å². The molecule has 0 saturated carbocycles. The van der Waals surface area contributed by atoms with Crippen molar-refractivity contribution in [2.75, 3.05) is 0 Å². The molecule has 0 atom stereocenters. The Bertz CT molecular complexity index is 1100. The molecule has 0 radical (unpaired) electrons. The molecule has 28 heavy (non-hydrogen) atoms.